The maximum atomic E-state index is 3.70. The van der Waals surface area contributed by atoms with E-state index in [0.717, 1.165) is 11.1 Å². The molecule has 0 aliphatic carbocycles. The van der Waals surface area contributed by atoms with Gasteiger partial charge >= 0.3 is 0 Å². The Morgan fingerprint density at radius 1 is 0.800 bits per heavy atom. The lowest BCUT2D eigenvalue weighted by atomic mass is 10.0. The summed E-state index contributed by atoms with van der Waals surface area (Å²) in [5.41, 5.74) is 2.19. The van der Waals surface area contributed by atoms with Crippen molar-refractivity contribution in [3.63, 3.8) is 0 Å². The summed E-state index contributed by atoms with van der Waals surface area (Å²) in [6.45, 7) is 13.0. The molecule has 0 amide bonds. The SMILES string of the molecule is C=CC=C(/C=C\C=C)C(/C=C\C)=C/C=C. The fraction of sp³-hybridized carbons (Fsp3) is 0.0667. The maximum Gasteiger partial charge on any atom is -0.0184 e. The molecule has 0 saturated carbocycles. The van der Waals surface area contributed by atoms with Gasteiger partial charge < -0.3 is 0 Å². The van der Waals surface area contributed by atoms with Crippen molar-refractivity contribution in [2.75, 3.05) is 0 Å². The highest BCUT2D eigenvalue weighted by molar-refractivity contribution is 5.49. The maximum absolute atomic E-state index is 3.70. The number of hydrogen-bond acceptors (Lipinski definition) is 0. The molecule has 0 nitrogen and oxygen atoms in total. The molecular weight excluding hydrogens is 180 g/mol. The number of rotatable bonds is 6. The van der Waals surface area contributed by atoms with E-state index in [1.165, 1.54) is 0 Å². The molecule has 0 atom stereocenters. The molecule has 0 heterocycles. The minimum Gasteiger partial charge on any atom is -0.0991 e. The van der Waals surface area contributed by atoms with Gasteiger partial charge in [0, 0.05) is 0 Å². The van der Waals surface area contributed by atoms with Crippen molar-refractivity contribution >= 4 is 0 Å². The molecule has 0 aromatic heterocycles. The third kappa shape index (κ3) is 5.48. The van der Waals surface area contributed by atoms with Gasteiger partial charge in [0.25, 0.3) is 0 Å². The highest BCUT2D eigenvalue weighted by atomic mass is 14.0. The van der Waals surface area contributed by atoms with Gasteiger partial charge in [0.2, 0.25) is 0 Å². The topological polar surface area (TPSA) is 0 Å². The van der Waals surface area contributed by atoms with E-state index < -0.39 is 0 Å². The minimum atomic E-state index is 1.09. The first-order valence-corrected chi connectivity index (χ1v) is 4.87. The molecule has 0 aliphatic rings. The van der Waals surface area contributed by atoms with Gasteiger partial charge in [-0.1, -0.05) is 74.4 Å². The Hall–Kier alpha value is -1.82. The predicted octanol–water partition coefficient (Wildman–Crippen LogP) is 4.53. The van der Waals surface area contributed by atoms with E-state index in [2.05, 4.69) is 19.7 Å². The van der Waals surface area contributed by atoms with Gasteiger partial charge in [-0.25, -0.2) is 0 Å². The van der Waals surface area contributed by atoms with Crippen LogP contribution in [0.5, 0.6) is 0 Å². The smallest absolute Gasteiger partial charge is 0.0184 e. The third-order valence-electron chi connectivity index (χ3n) is 1.69. The zero-order valence-electron chi connectivity index (χ0n) is 9.32. The average Bonchev–Trinajstić information content (AvgIpc) is 2.24. The summed E-state index contributed by atoms with van der Waals surface area (Å²) in [5, 5.41) is 0. The monoisotopic (exact) mass is 198 g/mol. The Kier molecular flexibility index (Phi) is 7.70. The van der Waals surface area contributed by atoms with Gasteiger partial charge in [0.05, 0.1) is 0 Å². The van der Waals surface area contributed by atoms with Crippen molar-refractivity contribution in [3.05, 3.63) is 85.6 Å². The van der Waals surface area contributed by atoms with Crippen LogP contribution in [0, 0.1) is 0 Å². The first kappa shape index (κ1) is 13.2. The van der Waals surface area contributed by atoms with Crippen LogP contribution in [0.2, 0.25) is 0 Å². The molecule has 0 aromatic carbocycles. The molecule has 0 radical (unpaired) electrons. The molecule has 78 valence electrons. The normalized spacial score (nSPS) is 13.4. The molecule has 0 aromatic rings. The van der Waals surface area contributed by atoms with Gasteiger partial charge in [0.1, 0.15) is 0 Å². The van der Waals surface area contributed by atoms with E-state index in [9.17, 15) is 0 Å². The van der Waals surface area contributed by atoms with Gasteiger partial charge in [-0.15, -0.1) is 0 Å². The zero-order chi connectivity index (χ0) is 11.5. The number of hydrogen-bond donors (Lipinski definition) is 0. The summed E-state index contributed by atoms with van der Waals surface area (Å²) in [6.07, 6.45) is 17.1. The molecule has 0 unspecified atom stereocenters. The molecule has 0 rings (SSSR count). The quantitative estimate of drug-likeness (QED) is 0.550. The second-order valence-corrected chi connectivity index (χ2v) is 2.81. The summed E-state index contributed by atoms with van der Waals surface area (Å²) in [4.78, 5) is 0. The van der Waals surface area contributed by atoms with Crippen LogP contribution in [0.25, 0.3) is 0 Å². The van der Waals surface area contributed by atoms with Gasteiger partial charge in [-0.2, -0.15) is 0 Å². The van der Waals surface area contributed by atoms with Crippen molar-refractivity contribution in [1.82, 2.24) is 0 Å². The Balaban J connectivity index is 5.18. The minimum absolute atomic E-state index is 1.09. The van der Waals surface area contributed by atoms with Gasteiger partial charge in [0.15, 0.2) is 0 Å². The summed E-state index contributed by atoms with van der Waals surface area (Å²) < 4.78 is 0. The largest absolute Gasteiger partial charge is 0.0991 e. The van der Waals surface area contributed by atoms with Crippen LogP contribution in [-0.2, 0) is 0 Å². The Morgan fingerprint density at radius 2 is 1.33 bits per heavy atom. The van der Waals surface area contributed by atoms with E-state index >= 15 is 0 Å². The van der Waals surface area contributed by atoms with E-state index in [4.69, 9.17) is 0 Å². The van der Waals surface area contributed by atoms with Crippen LogP contribution >= 0.6 is 0 Å². The van der Waals surface area contributed by atoms with E-state index in [0.29, 0.717) is 0 Å². The predicted molar refractivity (Wildman–Crippen MR) is 70.7 cm³/mol. The van der Waals surface area contributed by atoms with E-state index in [1.54, 1.807) is 18.2 Å². The molecule has 0 spiro atoms. The lowest BCUT2D eigenvalue weighted by Gasteiger charge is -2.01. The van der Waals surface area contributed by atoms with Crippen LogP contribution in [-0.4, -0.2) is 0 Å². The molecule has 0 saturated heterocycles. The van der Waals surface area contributed by atoms with Gasteiger partial charge in [-0.3, -0.25) is 0 Å². The third-order valence-corrected chi connectivity index (χ3v) is 1.69. The van der Waals surface area contributed by atoms with Crippen LogP contribution in [0.1, 0.15) is 6.92 Å². The molecule has 0 N–H and O–H groups in total. The van der Waals surface area contributed by atoms with E-state index in [1.807, 2.05) is 43.4 Å². The van der Waals surface area contributed by atoms with Crippen LogP contribution in [0.4, 0.5) is 0 Å². The lowest BCUT2D eigenvalue weighted by Crippen LogP contribution is -1.82. The fourth-order valence-electron chi connectivity index (χ4n) is 1.10. The molecule has 15 heavy (non-hydrogen) atoms. The van der Waals surface area contributed by atoms with Crippen molar-refractivity contribution in [3.8, 4) is 0 Å². The zero-order valence-corrected chi connectivity index (χ0v) is 9.32. The molecule has 0 aliphatic heterocycles. The number of allylic oxidation sites excluding steroid dienone is 11. The summed E-state index contributed by atoms with van der Waals surface area (Å²) >= 11 is 0. The molecular formula is C15H18. The van der Waals surface area contributed by atoms with Crippen LogP contribution < -0.4 is 0 Å². The van der Waals surface area contributed by atoms with Crippen LogP contribution in [0.15, 0.2) is 85.6 Å². The van der Waals surface area contributed by atoms with Crippen molar-refractivity contribution in [2.24, 2.45) is 0 Å². The first-order valence-electron chi connectivity index (χ1n) is 4.87. The molecule has 0 heteroatoms. The Labute approximate surface area is 93.0 Å². The van der Waals surface area contributed by atoms with Crippen molar-refractivity contribution in [2.45, 2.75) is 6.92 Å². The van der Waals surface area contributed by atoms with Crippen molar-refractivity contribution in [1.29, 1.82) is 0 Å². The first-order chi connectivity index (χ1) is 7.29. The molecule has 0 bridgehead atoms. The fourth-order valence-corrected chi connectivity index (χ4v) is 1.10. The van der Waals surface area contributed by atoms with Crippen molar-refractivity contribution < 1.29 is 0 Å². The second-order valence-electron chi connectivity index (χ2n) is 2.81. The molecule has 0 fully saturated rings. The van der Waals surface area contributed by atoms with Gasteiger partial charge in [-0.05, 0) is 18.1 Å². The summed E-state index contributed by atoms with van der Waals surface area (Å²) in [6, 6.07) is 0. The average molecular weight is 198 g/mol. The highest BCUT2D eigenvalue weighted by Gasteiger charge is 1.94. The van der Waals surface area contributed by atoms with E-state index in [-0.39, 0.29) is 0 Å². The van der Waals surface area contributed by atoms with Crippen LogP contribution in [0.3, 0.4) is 0 Å². The summed E-state index contributed by atoms with van der Waals surface area (Å²) in [5.74, 6) is 0. The Morgan fingerprint density at radius 3 is 1.73 bits per heavy atom. The second kappa shape index (κ2) is 8.76. The summed E-state index contributed by atoms with van der Waals surface area (Å²) in [7, 11) is 0. The Bertz CT molecular complexity index is 333. The highest BCUT2D eigenvalue weighted by Crippen LogP contribution is 2.14. The lowest BCUT2D eigenvalue weighted by molar-refractivity contribution is 1.52. The standard InChI is InChI=1S/C15H18/c1-5-9-13-15(12-8-4)14(10-6-2)11-7-3/h5-13H,1-2,4H2,3H3/b11-7-,13-9-,14-10+,15-12?.